The zero-order valence-corrected chi connectivity index (χ0v) is 10.6. The standard InChI is InChI=1S/C11H20N4O2/c1-11(2,3)17-10(16)9-8-15(14-13-9)7-5-4-6-12/h8H,4-7,12H2,1-3H3. The van der Waals surface area contributed by atoms with E-state index >= 15 is 0 Å². The van der Waals surface area contributed by atoms with Crippen molar-refractivity contribution in [3.8, 4) is 0 Å². The Kier molecular flexibility index (Phi) is 4.62. The van der Waals surface area contributed by atoms with Crippen molar-refractivity contribution in [1.82, 2.24) is 15.0 Å². The number of nitrogens with two attached hydrogens (primary N) is 1. The van der Waals surface area contributed by atoms with Gasteiger partial charge in [-0.15, -0.1) is 5.10 Å². The Bertz CT molecular complexity index is 368. The number of hydrogen-bond acceptors (Lipinski definition) is 5. The molecule has 0 unspecified atom stereocenters. The lowest BCUT2D eigenvalue weighted by Gasteiger charge is -2.18. The molecule has 0 fully saturated rings. The molecule has 6 heteroatoms. The topological polar surface area (TPSA) is 83.0 Å². The maximum atomic E-state index is 11.6. The lowest BCUT2D eigenvalue weighted by Crippen LogP contribution is -2.24. The summed E-state index contributed by atoms with van der Waals surface area (Å²) >= 11 is 0. The van der Waals surface area contributed by atoms with Gasteiger partial charge in [-0.05, 0) is 40.2 Å². The van der Waals surface area contributed by atoms with Crippen molar-refractivity contribution in [2.75, 3.05) is 6.54 Å². The Morgan fingerprint density at radius 2 is 2.18 bits per heavy atom. The quantitative estimate of drug-likeness (QED) is 0.612. The Morgan fingerprint density at radius 3 is 2.76 bits per heavy atom. The van der Waals surface area contributed by atoms with Gasteiger partial charge in [0.05, 0.1) is 6.20 Å². The van der Waals surface area contributed by atoms with Gasteiger partial charge in [0.1, 0.15) is 5.60 Å². The molecule has 0 saturated carbocycles. The molecule has 2 N–H and O–H groups in total. The molecule has 1 aromatic rings. The number of unbranched alkanes of at least 4 members (excludes halogenated alkanes) is 1. The predicted molar refractivity (Wildman–Crippen MR) is 63.5 cm³/mol. The smallest absolute Gasteiger partial charge is 0.361 e. The van der Waals surface area contributed by atoms with E-state index in [-0.39, 0.29) is 5.69 Å². The van der Waals surface area contributed by atoms with Gasteiger partial charge < -0.3 is 10.5 Å². The first kappa shape index (κ1) is 13.6. The van der Waals surface area contributed by atoms with Crippen LogP contribution < -0.4 is 5.73 Å². The van der Waals surface area contributed by atoms with Crippen molar-refractivity contribution in [2.24, 2.45) is 5.73 Å². The molecule has 17 heavy (non-hydrogen) atoms. The number of aryl methyl sites for hydroxylation is 1. The SMILES string of the molecule is CC(C)(C)OC(=O)c1cn(CCCCN)nn1. The van der Waals surface area contributed by atoms with Crippen LogP contribution in [0.5, 0.6) is 0 Å². The number of aromatic nitrogens is 3. The average molecular weight is 240 g/mol. The Labute approximate surface area is 101 Å². The molecule has 0 aromatic carbocycles. The van der Waals surface area contributed by atoms with Crippen molar-refractivity contribution >= 4 is 5.97 Å². The minimum Gasteiger partial charge on any atom is -0.455 e. The highest BCUT2D eigenvalue weighted by atomic mass is 16.6. The van der Waals surface area contributed by atoms with Crippen LogP contribution in [0, 0.1) is 0 Å². The fourth-order valence-electron chi connectivity index (χ4n) is 1.25. The van der Waals surface area contributed by atoms with Gasteiger partial charge in [0.15, 0.2) is 5.69 Å². The second kappa shape index (κ2) is 5.77. The number of ether oxygens (including phenoxy) is 1. The van der Waals surface area contributed by atoms with E-state index in [2.05, 4.69) is 10.3 Å². The van der Waals surface area contributed by atoms with Crippen molar-refractivity contribution in [2.45, 2.75) is 45.8 Å². The fraction of sp³-hybridized carbons (Fsp3) is 0.727. The molecule has 0 bridgehead atoms. The molecular formula is C11H20N4O2. The average Bonchev–Trinajstić information content (AvgIpc) is 2.64. The van der Waals surface area contributed by atoms with Crippen molar-refractivity contribution in [1.29, 1.82) is 0 Å². The van der Waals surface area contributed by atoms with Gasteiger partial charge in [0, 0.05) is 6.54 Å². The van der Waals surface area contributed by atoms with Crippen LogP contribution in [0.2, 0.25) is 0 Å². The molecule has 0 aliphatic rings. The number of hydrogen-bond donors (Lipinski definition) is 1. The summed E-state index contributed by atoms with van der Waals surface area (Å²) in [5.41, 5.74) is 5.13. The molecule has 96 valence electrons. The van der Waals surface area contributed by atoms with Crippen LogP contribution in [0.3, 0.4) is 0 Å². The molecule has 0 aliphatic heterocycles. The summed E-state index contributed by atoms with van der Waals surface area (Å²) in [5.74, 6) is -0.442. The molecule has 0 spiro atoms. The number of esters is 1. The number of rotatable bonds is 5. The Morgan fingerprint density at radius 1 is 1.47 bits per heavy atom. The molecule has 6 nitrogen and oxygen atoms in total. The molecular weight excluding hydrogens is 220 g/mol. The van der Waals surface area contributed by atoms with E-state index in [9.17, 15) is 4.79 Å². The second-order valence-electron chi connectivity index (χ2n) is 4.86. The molecule has 0 amide bonds. The first-order chi connectivity index (χ1) is 7.92. The van der Waals surface area contributed by atoms with Gasteiger partial charge in [0.25, 0.3) is 0 Å². The molecule has 0 radical (unpaired) electrons. The summed E-state index contributed by atoms with van der Waals surface area (Å²) in [5, 5.41) is 7.65. The van der Waals surface area contributed by atoms with Gasteiger partial charge in [-0.25, -0.2) is 4.79 Å². The van der Waals surface area contributed by atoms with Crippen LogP contribution in [-0.2, 0) is 11.3 Å². The Balaban J connectivity index is 2.52. The monoisotopic (exact) mass is 240 g/mol. The summed E-state index contributed by atoms with van der Waals surface area (Å²) in [4.78, 5) is 11.6. The summed E-state index contributed by atoms with van der Waals surface area (Å²) in [6, 6.07) is 0. The third-order valence-electron chi connectivity index (χ3n) is 1.99. The highest BCUT2D eigenvalue weighted by Crippen LogP contribution is 2.10. The molecule has 0 saturated heterocycles. The summed E-state index contributed by atoms with van der Waals surface area (Å²) in [6.07, 6.45) is 3.46. The first-order valence-corrected chi connectivity index (χ1v) is 5.76. The van der Waals surface area contributed by atoms with Crippen LogP contribution in [0.1, 0.15) is 44.1 Å². The van der Waals surface area contributed by atoms with Gasteiger partial charge in [-0.3, -0.25) is 4.68 Å². The van der Waals surface area contributed by atoms with E-state index in [4.69, 9.17) is 10.5 Å². The molecule has 1 rings (SSSR count). The van der Waals surface area contributed by atoms with Gasteiger partial charge >= 0.3 is 5.97 Å². The molecule has 1 heterocycles. The van der Waals surface area contributed by atoms with E-state index in [1.165, 1.54) is 0 Å². The normalized spacial score (nSPS) is 11.5. The Hall–Kier alpha value is -1.43. The van der Waals surface area contributed by atoms with E-state index in [1.54, 1.807) is 10.9 Å². The highest BCUT2D eigenvalue weighted by Gasteiger charge is 2.20. The zero-order chi connectivity index (χ0) is 12.9. The van der Waals surface area contributed by atoms with E-state index in [0.29, 0.717) is 13.1 Å². The first-order valence-electron chi connectivity index (χ1n) is 5.76. The minimum atomic E-state index is -0.513. The number of carbonyl (C=O) groups is 1. The number of carbonyl (C=O) groups excluding carboxylic acids is 1. The summed E-state index contributed by atoms with van der Waals surface area (Å²) in [6.45, 7) is 6.82. The van der Waals surface area contributed by atoms with Crippen LogP contribution in [0.15, 0.2) is 6.20 Å². The molecule has 1 aromatic heterocycles. The van der Waals surface area contributed by atoms with E-state index in [1.807, 2.05) is 20.8 Å². The largest absolute Gasteiger partial charge is 0.455 e. The minimum absolute atomic E-state index is 0.243. The lowest BCUT2D eigenvalue weighted by atomic mass is 10.2. The van der Waals surface area contributed by atoms with E-state index < -0.39 is 11.6 Å². The summed E-state index contributed by atoms with van der Waals surface area (Å²) < 4.78 is 6.82. The predicted octanol–water partition coefficient (Wildman–Crippen LogP) is 0.972. The summed E-state index contributed by atoms with van der Waals surface area (Å²) in [7, 11) is 0. The van der Waals surface area contributed by atoms with Gasteiger partial charge in [0.2, 0.25) is 0 Å². The van der Waals surface area contributed by atoms with Crippen LogP contribution in [0.4, 0.5) is 0 Å². The van der Waals surface area contributed by atoms with Gasteiger partial charge in [-0.1, -0.05) is 5.21 Å². The third kappa shape index (κ3) is 4.95. The zero-order valence-electron chi connectivity index (χ0n) is 10.6. The number of nitrogens with zero attached hydrogens (tertiary/aromatic N) is 3. The second-order valence-corrected chi connectivity index (χ2v) is 4.86. The maximum Gasteiger partial charge on any atom is 0.361 e. The van der Waals surface area contributed by atoms with Gasteiger partial charge in [-0.2, -0.15) is 0 Å². The third-order valence-corrected chi connectivity index (χ3v) is 1.99. The molecule has 0 aliphatic carbocycles. The maximum absolute atomic E-state index is 11.6. The van der Waals surface area contributed by atoms with Crippen molar-refractivity contribution in [3.05, 3.63) is 11.9 Å². The van der Waals surface area contributed by atoms with Crippen molar-refractivity contribution < 1.29 is 9.53 Å². The van der Waals surface area contributed by atoms with Crippen molar-refractivity contribution in [3.63, 3.8) is 0 Å². The van der Waals surface area contributed by atoms with Crippen LogP contribution in [-0.4, -0.2) is 33.1 Å². The molecule has 0 atom stereocenters. The van der Waals surface area contributed by atoms with E-state index in [0.717, 1.165) is 12.8 Å². The van der Waals surface area contributed by atoms with Crippen LogP contribution >= 0.6 is 0 Å². The highest BCUT2D eigenvalue weighted by molar-refractivity contribution is 5.86. The lowest BCUT2D eigenvalue weighted by molar-refractivity contribution is 0.00627. The van der Waals surface area contributed by atoms with Crippen LogP contribution in [0.25, 0.3) is 0 Å². The fourth-order valence-corrected chi connectivity index (χ4v) is 1.25.